The predicted octanol–water partition coefficient (Wildman–Crippen LogP) is 3.09. The Hall–Kier alpha value is -2.75. The van der Waals surface area contributed by atoms with Gasteiger partial charge in [0.2, 0.25) is 0 Å². The number of aromatic hydroxyl groups is 1. The molecular formula is C18H18N2O2. The molecule has 112 valence electrons. The van der Waals surface area contributed by atoms with Crippen molar-refractivity contribution in [2.75, 3.05) is 6.54 Å². The Morgan fingerprint density at radius 3 is 2.64 bits per heavy atom. The number of hydrogen-bond acceptors (Lipinski definition) is 2. The number of nitrogens with one attached hydrogen (secondary N) is 1. The van der Waals surface area contributed by atoms with Crippen LogP contribution in [0.25, 0.3) is 10.9 Å². The third kappa shape index (κ3) is 2.81. The minimum atomic E-state index is -0.130. The highest BCUT2D eigenvalue weighted by Crippen LogP contribution is 2.18. The lowest BCUT2D eigenvalue weighted by atomic mass is 10.2. The summed E-state index contributed by atoms with van der Waals surface area (Å²) in [7, 11) is 0. The van der Waals surface area contributed by atoms with E-state index in [0.717, 1.165) is 6.54 Å². The molecule has 0 aliphatic rings. The molecule has 1 amide bonds. The molecule has 0 radical (unpaired) electrons. The van der Waals surface area contributed by atoms with E-state index in [9.17, 15) is 9.90 Å². The fourth-order valence-corrected chi connectivity index (χ4v) is 2.64. The van der Waals surface area contributed by atoms with Crippen molar-refractivity contribution in [1.82, 2.24) is 9.88 Å². The summed E-state index contributed by atoms with van der Waals surface area (Å²) < 4.78 is 2.20. The molecule has 22 heavy (non-hydrogen) atoms. The lowest BCUT2D eigenvalue weighted by Gasteiger charge is -2.10. The van der Waals surface area contributed by atoms with Crippen LogP contribution in [-0.2, 0) is 6.54 Å². The van der Waals surface area contributed by atoms with Crippen molar-refractivity contribution < 1.29 is 9.90 Å². The molecule has 0 saturated heterocycles. The van der Waals surface area contributed by atoms with Gasteiger partial charge in [-0.05, 0) is 48.7 Å². The summed E-state index contributed by atoms with van der Waals surface area (Å²) >= 11 is 0. The van der Waals surface area contributed by atoms with E-state index >= 15 is 0 Å². The summed E-state index contributed by atoms with van der Waals surface area (Å²) in [5, 5.41) is 13.4. The van der Waals surface area contributed by atoms with E-state index in [2.05, 4.69) is 35.0 Å². The number of amides is 1. The highest BCUT2D eigenvalue weighted by molar-refractivity contribution is 5.94. The minimum Gasteiger partial charge on any atom is -0.508 e. The monoisotopic (exact) mass is 294 g/mol. The molecular weight excluding hydrogens is 276 g/mol. The number of aromatic nitrogens is 1. The first kappa shape index (κ1) is 14.2. The van der Waals surface area contributed by atoms with Crippen LogP contribution in [0, 0.1) is 6.92 Å². The van der Waals surface area contributed by atoms with Crippen molar-refractivity contribution in [2.24, 2.45) is 0 Å². The summed E-state index contributed by atoms with van der Waals surface area (Å²) in [4.78, 5) is 12.0. The van der Waals surface area contributed by atoms with Gasteiger partial charge in [0.15, 0.2) is 0 Å². The number of phenolic OH excluding ortho intramolecular Hbond substituents is 1. The smallest absolute Gasteiger partial charge is 0.251 e. The van der Waals surface area contributed by atoms with Crippen molar-refractivity contribution in [3.05, 3.63) is 65.9 Å². The van der Waals surface area contributed by atoms with Gasteiger partial charge >= 0.3 is 0 Å². The Bertz CT molecular complexity index is 804. The molecule has 0 fully saturated rings. The number of benzene rings is 2. The zero-order chi connectivity index (χ0) is 15.5. The van der Waals surface area contributed by atoms with Crippen LogP contribution in [0.2, 0.25) is 0 Å². The predicted molar refractivity (Wildman–Crippen MR) is 87.1 cm³/mol. The largest absolute Gasteiger partial charge is 0.508 e. The first-order valence-corrected chi connectivity index (χ1v) is 7.27. The summed E-state index contributed by atoms with van der Waals surface area (Å²) in [5.74, 6) is 0.0279. The molecule has 2 N–H and O–H groups in total. The number of fused-ring (bicyclic) bond motifs is 1. The normalized spacial score (nSPS) is 10.8. The van der Waals surface area contributed by atoms with Gasteiger partial charge in [-0.3, -0.25) is 4.79 Å². The Morgan fingerprint density at radius 2 is 1.86 bits per heavy atom. The molecule has 1 heterocycles. The fraction of sp³-hybridized carbons (Fsp3) is 0.167. The third-order valence-corrected chi connectivity index (χ3v) is 3.77. The zero-order valence-electron chi connectivity index (χ0n) is 12.4. The lowest BCUT2D eigenvalue weighted by molar-refractivity contribution is 0.0952. The summed E-state index contributed by atoms with van der Waals surface area (Å²) in [6.07, 6.45) is 0. The molecule has 3 rings (SSSR count). The van der Waals surface area contributed by atoms with Gasteiger partial charge in [-0.25, -0.2) is 0 Å². The fourth-order valence-electron chi connectivity index (χ4n) is 2.64. The summed E-state index contributed by atoms with van der Waals surface area (Å²) in [6.45, 7) is 3.35. The molecule has 4 heteroatoms. The molecule has 0 spiro atoms. The maximum atomic E-state index is 12.0. The second-order valence-electron chi connectivity index (χ2n) is 5.30. The first-order chi connectivity index (χ1) is 10.6. The molecule has 4 nitrogen and oxygen atoms in total. The number of carbonyl (C=O) groups is 1. The summed E-state index contributed by atoms with van der Waals surface area (Å²) in [6, 6.07) is 16.6. The number of carbonyl (C=O) groups excluding carboxylic acids is 1. The Balaban J connectivity index is 1.66. The van der Waals surface area contributed by atoms with Crippen LogP contribution in [0.1, 0.15) is 16.1 Å². The number of nitrogens with zero attached hydrogens (tertiary/aromatic N) is 1. The second-order valence-corrected chi connectivity index (χ2v) is 5.30. The van der Waals surface area contributed by atoms with Crippen LogP contribution in [0.15, 0.2) is 54.6 Å². The number of para-hydroxylation sites is 1. The maximum absolute atomic E-state index is 12.0. The summed E-state index contributed by atoms with van der Waals surface area (Å²) in [5.41, 5.74) is 2.91. The van der Waals surface area contributed by atoms with E-state index in [1.54, 1.807) is 12.1 Å². The number of hydrogen-bond donors (Lipinski definition) is 2. The van der Waals surface area contributed by atoms with Crippen LogP contribution in [-0.4, -0.2) is 22.1 Å². The van der Waals surface area contributed by atoms with Crippen LogP contribution in [0.5, 0.6) is 5.75 Å². The van der Waals surface area contributed by atoms with Crippen LogP contribution in [0.4, 0.5) is 0 Å². The van der Waals surface area contributed by atoms with Gasteiger partial charge in [0.1, 0.15) is 5.75 Å². The van der Waals surface area contributed by atoms with E-state index < -0.39 is 0 Å². The lowest BCUT2D eigenvalue weighted by Crippen LogP contribution is -2.27. The average molecular weight is 294 g/mol. The third-order valence-electron chi connectivity index (χ3n) is 3.77. The van der Waals surface area contributed by atoms with Gasteiger partial charge in [-0.1, -0.05) is 18.2 Å². The average Bonchev–Trinajstić information content (AvgIpc) is 2.84. The molecule has 0 saturated carbocycles. The van der Waals surface area contributed by atoms with Crippen molar-refractivity contribution in [3.63, 3.8) is 0 Å². The molecule has 0 aliphatic heterocycles. The van der Waals surface area contributed by atoms with Crippen LogP contribution >= 0.6 is 0 Å². The molecule has 0 atom stereocenters. The van der Waals surface area contributed by atoms with E-state index in [0.29, 0.717) is 12.1 Å². The van der Waals surface area contributed by atoms with Gasteiger partial charge < -0.3 is 15.0 Å². The number of phenols is 1. The Kier molecular flexibility index (Phi) is 3.83. The number of aryl methyl sites for hydroxylation is 1. The molecule has 0 unspecified atom stereocenters. The van der Waals surface area contributed by atoms with Gasteiger partial charge in [0.05, 0.1) is 0 Å². The van der Waals surface area contributed by atoms with Gasteiger partial charge in [-0.2, -0.15) is 0 Å². The van der Waals surface area contributed by atoms with E-state index in [1.807, 2.05) is 12.1 Å². The Morgan fingerprint density at radius 1 is 1.14 bits per heavy atom. The maximum Gasteiger partial charge on any atom is 0.251 e. The quantitative estimate of drug-likeness (QED) is 0.777. The zero-order valence-corrected chi connectivity index (χ0v) is 12.4. The van der Waals surface area contributed by atoms with Gasteiger partial charge in [0, 0.05) is 29.9 Å². The molecule has 3 aromatic rings. The molecule has 2 aromatic carbocycles. The van der Waals surface area contributed by atoms with Crippen LogP contribution < -0.4 is 5.32 Å². The van der Waals surface area contributed by atoms with Crippen molar-refractivity contribution in [2.45, 2.75) is 13.5 Å². The van der Waals surface area contributed by atoms with Crippen molar-refractivity contribution >= 4 is 16.8 Å². The Labute approximate surface area is 129 Å². The number of rotatable bonds is 4. The van der Waals surface area contributed by atoms with Crippen molar-refractivity contribution in [1.29, 1.82) is 0 Å². The van der Waals surface area contributed by atoms with Crippen LogP contribution in [0.3, 0.4) is 0 Å². The first-order valence-electron chi connectivity index (χ1n) is 7.27. The van der Waals surface area contributed by atoms with Crippen molar-refractivity contribution in [3.8, 4) is 5.75 Å². The molecule has 0 bridgehead atoms. The molecule has 0 aliphatic carbocycles. The van der Waals surface area contributed by atoms with Gasteiger partial charge in [-0.15, -0.1) is 0 Å². The highest BCUT2D eigenvalue weighted by atomic mass is 16.3. The van der Waals surface area contributed by atoms with E-state index in [-0.39, 0.29) is 11.7 Å². The minimum absolute atomic E-state index is 0.130. The highest BCUT2D eigenvalue weighted by Gasteiger charge is 2.07. The molecule has 1 aromatic heterocycles. The van der Waals surface area contributed by atoms with E-state index in [1.165, 1.54) is 28.7 Å². The second kappa shape index (κ2) is 5.93. The van der Waals surface area contributed by atoms with E-state index in [4.69, 9.17) is 0 Å². The standard InChI is InChI=1S/C18H18N2O2/c1-13-12-15-4-2-3-5-17(15)20(13)11-10-19-18(22)14-6-8-16(21)9-7-14/h2-9,12,21H,10-11H2,1H3,(H,19,22). The SMILES string of the molecule is Cc1cc2ccccc2n1CCNC(=O)c1ccc(O)cc1. The topological polar surface area (TPSA) is 54.3 Å². The van der Waals surface area contributed by atoms with Gasteiger partial charge in [0.25, 0.3) is 5.91 Å².